The summed E-state index contributed by atoms with van der Waals surface area (Å²) in [5.74, 6) is -0.120. The van der Waals surface area contributed by atoms with Gasteiger partial charge in [0.05, 0.1) is 6.67 Å². The van der Waals surface area contributed by atoms with Gasteiger partial charge in [0.15, 0.2) is 0 Å². The van der Waals surface area contributed by atoms with Crippen molar-refractivity contribution in [3.63, 3.8) is 0 Å². The number of hydrogen-bond acceptors (Lipinski definition) is 4. The van der Waals surface area contributed by atoms with Crippen molar-refractivity contribution in [2.24, 2.45) is 0 Å². The molecule has 4 rings (SSSR count). The third kappa shape index (κ3) is 3.32. The van der Waals surface area contributed by atoms with E-state index in [1.54, 1.807) is 11.3 Å². The van der Waals surface area contributed by atoms with Crippen LogP contribution in [0.4, 0.5) is 4.79 Å². The van der Waals surface area contributed by atoms with Crippen molar-refractivity contribution >= 4 is 23.3 Å². The number of thiophene rings is 1. The Kier molecular flexibility index (Phi) is 4.55. The molecule has 0 bridgehead atoms. The first kappa shape index (κ1) is 16.3. The molecular weight excluding hydrogens is 334 g/mol. The van der Waals surface area contributed by atoms with Crippen LogP contribution in [0.1, 0.15) is 29.3 Å². The maximum atomic E-state index is 12.7. The molecule has 2 aliphatic rings. The molecule has 130 valence electrons. The molecule has 1 aromatic heterocycles. The minimum atomic E-state index is -0.460. The summed E-state index contributed by atoms with van der Waals surface area (Å²) in [6.07, 6.45) is 2.72. The molecule has 0 spiro atoms. The highest BCUT2D eigenvalue weighted by Gasteiger charge is 2.40. The Hall–Kier alpha value is -2.18. The van der Waals surface area contributed by atoms with Crippen LogP contribution in [0.5, 0.6) is 0 Å². The smallest absolute Gasteiger partial charge is 0.325 e. The number of carbonyl (C=O) groups is 2. The van der Waals surface area contributed by atoms with Gasteiger partial charge in [-0.2, -0.15) is 0 Å². The lowest BCUT2D eigenvalue weighted by atomic mass is 10.1. The first-order valence-corrected chi connectivity index (χ1v) is 9.53. The third-order valence-corrected chi connectivity index (χ3v) is 5.92. The SMILES string of the molecule is O=C1N[C@H](Cc2ccccc2)C(=O)N1CN1CCC[C@H]1c1cccs1. The van der Waals surface area contributed by atoms with Gasteiger partial charge in [0.2, 0.25) is 0 Å². The Morgan fingerprint density at radius 3 is 2.72 bits per heavy atom. The molecule has 0 radical (unpaired) electrons. The molecule has 1 aromatic carbocycles. The molecule has 6 heteroatoms. The second kappa shape index (κ2) is 6.98. The molecule has 2 aromatic rings. The summed E-state index contributed by atoms with van der Waals surface area (Å²) >= 11 is 1.74. The largest absolute Gasteiger partial charge is 0.325 e. The number of urea groups is 1. The van der Waals surface area contributed by atoms with E-state index in [4.69, 9.17) is 0 Å². The normalized spacial score (nSPS) is 24.1. The Morgan fingerprint density at radius 2 is 1.96 bits per heavy atom. The van der Waals surface area contributed by atoms with Crippen LogP contribution >= 0.6 is 11.3 Å². The maximum absolute atomic E-state index is 12.7. The summed E-state index contributed by atoms with van der Waals surface area (Å²) in [6.45, 7) is 1.29. The van der Waals surface area contributed by atoms with Gasteiger partial charge >= 0.3 is 6.03 Å². The summed E-state index contributed by atoms with van der Waals surface area (Å²) in [4.78, 5) is 30.0. The Labute approximate surface area is 151 Å². The molecule has 2 saturated heterocycles. The molecule has 0 unspecified atom stereocenters. The predicted octanol–water partition coefficient (Wildman–Crippen LogP) is 3.01. The van der Waals surface area contributed by atoms with Crippen LogP contribution in [0.25, 0.3) is 0 Å². The fourth-order valence-electron chi connectivity index (χ4n) is 3.68. The van der Waals surface area contributed by atoms with Crippen LogP contribution in [0, 0.1) is 0 Å². The topological polar surface area (TPSA) is 52.7 Å². The predicted molar refractivity (Wildman–Crippen MR) is 97.2 cm³/mol. The zero-order chi connectivity index (χ0) is 17.2. The van der Waals surface area contributed by atoms with Crippen LogP contribution < -0.4 is 5.32 Å². The molecule has 2 atom stereocenters. The van der Waals surface area contributed by atoms with E-state index in [1.165, 1.54) is 9.78 Å². The first-order chi connectivity index (χ1) is 12.2. The van der Waals surface area contributed by atoms with E-state index in [1.807, 2.05) is 30.3 Å². The zero-order valence-electron chi connectivity index (χ0n) is 13.9. The number of likely N-dealkylation sites (tertiary alicyclic amines) is 1. The molecule has 25 heavy (non-hydrogen) atoms. The van der Waals surface area contributed by atoms with Crippen LogP contribution in [0.2, 0.25) is 0 Å². The lowest BCUT2D eigenvalue weighted by Gasteiger charge is -2.27. The van der Waals surface area contributed by atoms with Gasteiger partial charge in [0, 0.05) is 23.9 Å². The van der Waals surface area contributed by atoms with Crippen LogP contribution in [-0.4, -0.2) is 41.0 Å². The second-order valence-electron chi connectivity index (χ2n) is 6.59. The molecule has 0 saturated carbocycles. The van der Waals surface area contributed by atoms with Gasteiger partial charge in [0.1, 0.15) is 6.04 Å². The highest BCUT2D eigenvalue weighted by atomic mass is 32.1. The maximum Gasteiger partial charge on any atom is 0.325 e. The molecule has 0 aliphatic carbocycles. The lowest BCUT2D eigenvalue weighted by molar-refractivity contribution is -0.129. The number of imide groups is 1. The van der Waals surface area contributed by atoms with Crippen LogP contribution in [0.15, 0.2) is 47.8 Å². The van der Waals surface area contributed by atoms with Crippen molar-refractivity contribution in [1.82, 2.24) is 15.1 Å². The summed E-state index contributed by atoms with van der Waals surface area (Å²) < 4.78 is 0. The van der Waals surface area contributed by atoms with Crippen molar-refractivity contribution in [1.29, 1.82) is 0 Å². The average molecular weight is 355 g/mol. The number of hydrogen-bond donors (Lipinski definition) is 1. The minimum absolute atomic E-state index is 0.120. The zero-order valence-corrected chi connectivity index (χ0v) is 14.7. The van der Waals surface area contributed by atoms with E-state index >= 15 is 0 Å². The van der Waals surface area contributed by atoms with Crippen LogP contribution in [-0.2, 0) is 11.2 Å². The summed E-state index contributed by atoms with van der Waals surface area (Å²) in [7, 11) is 0. The molecular formula is C19H21N3O2S. The van der Waals surface area contributed by atoms with Crippen molar-refractivity contribution in [2.45, 2.75) is 31.3 Å². The van der Waals surface area contributed by atoms with Crippen molar-refractivity contribution in [3.05, 3.63) is 58.3 Å². The Morgan fingerprint density at radius 1 is 1.12 bits per heavy atom. The van der Waals surface area contributed by atoms with E-state index in [9.17, 15) is 9.59 Å². The van der Waals surface area contributed by atoms with Gasteiger partial charge in [-0.15, -0.1) is 11.3 Å². The number of amides is 3. The number of benzene rings is 1. The molecule has 5 nitrogen and oxygen atoms in total. The van der Waals surface area contributed by atoms with Gasteiger partial charge in [-0.1, -0.05) is 36.4 Å². The molecule has 2 fully saturated rings. The Bertz CT molecular complexity index is 747. The fraction of sp³-hybridized carbons (Fsp3) is 0.368. The lowest BCUT2D eigenvalue weighted by Crippen LogP contribution is -2.41. The standard InChI is InChI=1S/C19H21N3O2S/c23-18-15(12-14-6-2-1-3-7-14)20-19(24)22(18)13-21-10-4-8-16(21)17-9-5-11-25-17/h1-3,5-7,9,11,15-16H,4,8,10,12-13H2,(H,20,24)/t15-,16+/m1/s1. The van der Waals surface area contributed by atoms with E-state index < -0.39 is 6.04 Å². The average Bonchev–Trinajstić information content (AvgIpc) is 3.34. The fourth-order valence-corrected chi connectivity index (χ4v) is 4.57. The number of carbonyl (C=O) groups excluding carboxylic acids is 2. The van der Waals surface area contributed by atoms with Crippen molar-refractivity contribution < 1.29 is 9.59 Å². The van der Waals surface area contributed by atoms with E-state index in [0.29, 0.717) is 19.1 Å². The molecule has 3 amide bonds. The van der Waals surface area contributed by atoms with Crippen LogP contribution in [0.3, 0.4) is 0 Å². The summed E-state index contributed by atoms with van der Waals surface area (Å²) in [5, 5.41) is 4.92. The summed E-state index contributed by atoms with van der Waals surface area (Å²) in [5.41, 5.74) is 1.06. The second-order valence-corrected chi connectivity index (χ2v) is 7.56. The summed E-state index contributed by atoms with van der Waals surface area (Å²) in [6, 6.07) is 13.6. The first-order valence-electron chi connectivity index (χ1n) is 8.65. The van der Waals surface area contributed by atoms with Gasteiger partial charge in [-0.05, 0) is 29.9 Å². The highest BCUT2D eigenvalue weighted by Crippen LogP contribution is 2.34. The van der Waals surface area contributed by atoms with Gasteiger partial charge in [-0.25, -0.2) is 9.69 Å². The van der Waals surface area contributed by atoms with E-state index in [2.05, 4.69) is 27.7 Å². The molecule has 2 aliphatic heterocycles. The third-order valence-electron chi connectivity index (χ3n) is 4.95. The van der Waals surface area contributed by atoms with Crippen molar-refractivity contribution in [2.75, 3.05) is 13.2 Å². The van der Waals surface area contributed by atoms with E-state index in [0.717, 1.165) is 24.9 Å². The van der Waals surface area contributed by atoms with Crippen molar-refractivity contribution in [3.8, 4) is 0 Å². The quantitative estimate of drug-likeness (QED) is 0.839. The number of nitrogens with zero attached hydrogens (tertiary/aromatic N) is 2. The van der Waals surface area contributed by atoms with E-state index in [-0.39, 0.29) is 11.9 Å². The van der Waals surface area contributed by atoms with Gasteiger partial charge in [-0.3, -0.25) is 9.69 Å². The molecule has 3 heterocycles. The van der Waals surface area contributed by atoms with Gasteiger partial charge in [0.25, 0.3) is 5.91 Å². The van der Waals surface area contributed by atoms with Gasteiger partial charge < -0.3 is 5.32 Å². The monoisotopic (exact) mass is 355 g/mol. The number of nitrogens with one attached hydrogen (secondary N) is 1. The minimum Gasteiger partial charge on any atom is -0.325 e. The number of rotatable bonds is 5. The molecule has 1 N–H and O–H groups in total. The highest BCUT2D eigenvalue weighted by molar-refractivity contribution is 7.10. The Balaban J connectivity index is 1.44.